The van der Waals surface area contributed by atoms with Gasteiger partial charge in [0.2, 0.25) is 5.91 Å². The third-order valence-corrected chi connectivity index (χ3v) is 3.22. The van der Waals surface area contributed by atoms with E-state index in [0.717, 1.165) is 0 Å². The lowest BCUT2D eigenvalue weighted by Crippen LogP contribution is -2.35. The summed E-state index contributed by atoms with van der Waals surface area (Å²) in [5.41, 5.74) is 0.0912. The molecular formula is C11H11BrF2N2O. The van der Waals surface area contributed by atoms with E-state index in [0.29, 0.717) is 0 Å². The van der Waals surface area contributed by atoms with E-state index >= 15 is 0 Å². The fourth-order valence-electron chi connectivity index (χ4n) is 1.71. The molecule has 0 bridgehead atoms. The highest BCUT2D eigenvalue weighted by Crippen LogP contribution is 2.23. The number of nitrogens with one attached hydrogen (secondary N) is 2. The molecule has 1 aromatic carbocycles. The van der Waals surface area contributed by atoms with E-state index in [1.165, 1.54) is 12.1 Å². The van der Waals surface area contributed by atoms with Gasteiger partial charge in [0.05, 0.1) is 16.2 Å². The van der Waals surface area contributed by atoms with Gasteiger partial charge in [-0.05, 0) is 28.1 Å². The van der Waals surface area contributed by atoms with Crippen LogP contribution < -0.4 is 10.6 Å². The standard InChI is InChI=1S/C11H11BrF2N2O/c12-7-2-1-3-8(10(7)14)16-11(17)9-4-6(13)5-15-9/h1-3,6,9,15H,4-5H2,(H,16,17)/t6-,9+/m1/s1. The van der Waals surface area contributed by atoms with Gasteiger partial charge in [0, 0.05) is 13.0 Å². The van der Waals surface area contributed by atoms with Crippen LogP contribution in [0.3, 0.4) is 0 Å². The van der Waals surface area contributed by atoms with Crippen molar-refractivity contribution in [3.8, 4) is 0 Å². The largest absolute Gasteiger partial charge is 0.322 e. The number of carbonyl (C=O) groups is 1. The second-order valence-corrected chi connectivity index (χ2v) is 4.74. The zero-order chi connectivity index (χ0) is 12.4. The fourth-order valence-corrected chi connectivity index (χ4v) is 2.08. The predicted octanol–water partition coefficient (Wildman–Crippen LogP) is 2.23. The van der Waals surface area contributed by atoms with E-state index in [4.69, 9.17) is 0 Å². The first-order valence-corrected chi connectivity index (χ1v) is 5.99. The Balaban J connectivity index is 2.06. The van der Waals surface area contributed by atoms with E-state index in [9.17, 15) is 13.6 Å². The van der Waals surface area contributed by atoms with Crippen molar-refractivity contribution in [1.82, 2.24) is 5.32 Å². The third kappa shape index (κ3) is 2.81. The average molecular weight is 305 g/mol. The van der Waals surface area contributed by atoms with Crippen LogP contribution in [0.2, 0.25) is 0 Å². The maximum absolute atomic E-state index is 13.6. The number of carbonyl (C=O) groups excluding carboxylic acids is 1. The summed E-state index contributed by atoms with van der Waals surface area (Å²) in [6.07, 6.45) is -0.889. The minimum absolute atomic E-state index is 0.0912. The molecule has 1 fully saturated rings. The minimum Gasteiger partial charge on any atom is -0.322 e. The van der Waals surface area contributed by atoms with E-state index < -0.39 is 23.9 Å². The van der Waals surface area contributed by atoms with Crippen molar-refractivity contribution in [1.29, 1.82) is 0 Å². The topological polar surface area (TPSA) is 41.1 Å². The monoisotopic (exact) mass is 304 g/mol. The quantitative estimate of drug-likeness (QED) is 0.880. The minimum atomic E-state index is -1.02. The summed E-state index contributed by atoms with van der Waals surface area (Å²) in [7, 11) is 0. The molecule has 0 radical (unpaired) electrons. The molecule has 1 saturated heterocycles. The molecular weight excluding hydrogens is 294 g/mol. The number of amides is 1. The molecule has 0 aliphatic carbocycles. The van der Waals surface area contributed by atoms with Crippen molar-refractivity contribution in [3.05, 3.63) is 28.5 Å². The normalized spacial score (nSPS) is 23.7. The van der Waals surface area contributed by atoms with Gasteiger partial charge in [0.1, 0.15) is 6.17 Å². The van der Waals surface area contributed by atoms with Crippen molar-refractivity contribution in [2.45, 2.75) is 18.6 Å². The van der Waals surface area contributed by atoms with Crippen LogP contribution in [0.1, 0.15) is 6.42 Å². The third-order valence-electron chi connectivity index (χ3n) is 2.60. The second kappa shape index (κ2) is 5.10. The van der Waals surface area contributed by atoms with Crippen LogP contribution in [0.5, 0.6) is 0 Å². The average Bonchev–Trinajstić information content (AvgIpc) is 2.72. The molecule has 0 spiro atoms. The van der Waals surface area contributed by atoms with Gasteiger partial charge >= 0.3 is 0 Å². The van der Waals surface area contributed by atoms with Crippen molar-refractivity contribution in [2.24, 2.45) is 0 Å². The summed E-state index contributed by atoms with van der Waals surface area (Å²) in [5.74, 6) is -0.946. The lowest BCUT2D eigenvalue weighted by Gasteiger charge is -2.11. The number of rotatable bonds is 2. The molecule has 0 unspecified atom stereocenters. The number of alkyl halides is 1. The van der Waals surface area contributed by atoms with Gasteiger partial charge in [-0.25, -0.2) is 8.78 Å². The van der Waals surface area contributed by atoms with Crippen LogP contribution in [-0.4, -0.2) is 24.7 Å². The molecule has 1 aliphatic rings. The Bertz CT molecular complexity index is 441. The van der Waals surface area contributed by atoms with Crippen molar-refractivity contribution in [2.75, 3.05) is 11.9 Å². The number of anilines is 1. The molecule has 0 saturated carbocycles. The van der Waals surface area contributed by atoms with Crippen LogP contribution in [0.25, 0.3) is 0 Å². The van der Waals surface area contributed by atoms with Crippen LogP contribution in [0.4, 0.5) is 14.5 Å². The van der Waals surface area contributed by atoms with E-state index in [-0.39, 0.29) is 23.1 Å². The predicted molar refractivity (Wildman–Crippen MR) is 64.0 cm³/mol. The first-order valence-electron chi connectivity index (χ1n) is 5.20. The Morgan fingerprint density at radius 3 is 2.94 bits per heavy atom. The summed E-state index contributed by atoms with van der Waals surface area (Å²) in [6, 6.07) is 4.02. The van der Waals surface area contributed by atoms with Gasteiger partial charge in [-0.1, -0.05) is 6.07 Å². The molecule has 1 amide bonds. The van der Waals surface area contributed by atoms with E-state index in [1.807, 2.05) is 0 Å². The zero-order valence-electron chi connectivity index (χ0n) is 8.84. The summed E-state index contributed by atoms with van der Waals surface area (Å²) < 4.78 is 26.7. The lowest BCUT2D eigenvalue weighted by molar-refractivity contribution is -0.117. The molecule has 1 aromatic rings. The number of hydrogen-bond acceptors (Lipinski definition) is 2. The number of benzene rings is 1. The fraction of sp³-hybridized carbons (Fsp3) is 0.364. The Kier molecular flexibility index (Phi) is 3.73. The van der Waals surface area contributed by atoms with Gasteiger partial charge in [-0.2, -0.15) is 0 Å². The Labute approximate surface area is 106 Å². The number of halogens is 3. The maximum Gasteiger partial charge on any atom is 0.241 e. The van der Waals surface area contributed by atoms with Crippen molar-refractivity contribution in [3.63, 3.8) is 0 Å². The maximum atomic E-state index is 13.6. The van der Waals surface area contributed by atoms with Crippen LogP contribution in [-0.2, 0) is 4.79 Å². The number of hydrogen-bond donors (Lipinski definition) is 2. The molecule has 92 valence electrons. The van der Waals surface area contributed by atoms with Gasteiger partial charge < -0.3 is 10.6 Å². The SMILES string of the molecule is O=C(Nc1cccc(Br)c1F)[C@@H]1C[C@@H](F)CN1. The lowest BCUT2D eigenvalue weighted by atomic mass is 10.2. The van der Waals surface area contributed by atoms with Gasteiger partial charge in [0.15, 0.2) is 5.82 Å². The highest BCUT2D eigenvalue weighted by atomic mass is 79.9. The smallest absolute Gasteiger partial charge is 0.241 e. The summed E-state index contributed by atoms with van der Waals surface area (Å²) >= 11 is 3.03. The Morgan fingerprint density at radius 2 is 2.29 bits per heavy atom. The first kappa shape index (κ1) is 12.4. The molecule has 0 aromatic heterocycles. The van der Waals surface area contributed by atoms with E-state index in [1.54, 1.807) is 6.07 Å². The molecule has 17 heavy (non-hydrogen) atoms. The Hall–Kier alpha value is -1.01. The molecule has 1 aliphatic heterocycles. The summed E-state index contributed by atoms with van der Waals surface area (Å²) in [6.45, 7) is 0.166. The molecule has 3 nitrogen and oxygen atoms in total. The molecule has 2 N–H and O–H groups in total. The van der Waals surface area contributed by atoms with Gasteiger partial charge in [-0.3, -0.25) is 4.79 Å². The second-order valence-electron chi connectivity index (χ2n) is 3.88. The van der Waals surface area contributed by atoms with Gasteiger partial charge in [0.25, 0.3) is 0 Å². The highest BCUT2D eigenvalue weighted by molar-refractivity contribution is 9.10. The first-order chi connectivity index (χ1) is 8.08. The van der Waals surface area contributed by atoms with Crippen LogP contribution in [0.15, 0.2) is 22.7 Å². The molecule has 2 rings (SSSR count). The van der Waals surface area contributed by atoms with Crippen molar-refractivity contribution < 1.29 is 13.6 Å². The van der Waals surface area contributed by atoms with E-state index in [2.05, 4.69) is 26.6 Å². The van der Waals surface area contributed by atoms with Crippen molar-refractivity contribution >= 4 is 27.5 Å². The zero-order valence-corrected chi connectivity index (χ0v) is 10.4. The van der Waals surface area contributed by atoms with Gasteiger partial charge in [-0.15, -0.1) is 0 Å². The van der Waals surface area contributed by atoms with Crippen LogP contribution in [0, 0.1) is 5.82 Å². The van der Waals surface area contributed by atoms with Crippen LogP contribution >= 0.6 is 15.9 Å². The summed E-state index contributed by atoms with van der Waals surface area (Å²) in [4.78, 5) is 11.7. The Morgan fingerprint density at radius 1 is 1.53 bits per heavy atom. The molecule has 1 heterocycles. The molecule has 6 heteroatoms. The highest BCUT2D eigenvalue weighted by Gasteiger charge is 2.29. The summed E-state index contributed by atoms with van der Waals surface area (Å²) in [5, 5.41) is 5.18. The molecule has 2 atom stereocenters.